The van der Waals surface area contributed by atoms with Gasteiger partial charge in [-0.2, -0.15) is 0 Å². The molecule has 0 atom stereocenters. The molecule has 1 heterocycles. The summed E-state index contributed by atoms with van der Waals surface area (Å²) in [6, 6.07) is 1.88. The number of anilines is 1. The van der Waals surface area contributed by atoms with Crippen molar-refractivity contribution in [2.45, 2.75) is 19.9 Å². The quantitative estimate of drug-likeness (QED) is 0.834. The predicted molar refractivity (Wildman–Crippen MR) is 72.5 cm³/mol. The van der Waals surface area contributed by atoms with E-state index in [0.29, 0.717) is 16.7 Å². The van der Waals surface area contributed by atoms with E-state index in [0.717, 1.165) is 0 Å². The largest absolute Gasteiger partial charge is 0.313 e. The summed E-state index contributed by atoms with van der Waals surface area (Å²) >= 11 is 3.24. The third kappa shape index (κ3) is 5.47. The summed E-state index contributed by atoms with van der Waals surface area (Å²) in [6.07, 6.45) is 3.08. The first-order valence-electron chi connectivity index (χ1n) is 5.24. The molecule has 0 aliphatic rings. The molecule has 7 heteroatoms. The molecule has 1 rings (SSSR count). The number of sulfonamides is 1. The van der Waals surface area contributed by atoms with Gasteiger partial charge in [0.25, 0.3) is 0 Å². The molecular weight excluding hydrogens is 306 g/mol. The van der Waals surface area contributed by atoms with Gasteiger partial charge in [0, 0.05) is 25.0 Å². The summed E-state index contributed by atoms with van der Waals surface area (Å²) < 4.78 is 26.6. The molecule has 0 saturated carbocycles. The van der Waals surface area contributed by atoms with Crippen molar-refractivity contribution >= 4 is 31.6 Å². The molecule has 96 valence electrons. The van der Waals surface area contributed by atoms with E-state index in [9.17, 15) is 8.42 Å². The van der Waals surface area contributed by atoms with E-state index in [-0.39, 0.29) is 11.8 Å². The van der Waals surface area contributed by atoms with Crippen LogP contribution in [0.1, 0.15) is 13.8 Å². The SMILES string of the molecule is CC(C)NCCS(=O)(=O)Nc1ccncc1Br. The van der Waals surface area contributed by atoms with Gasteiger partial charge in [-0.1, -0.05) is 13.8 Å². The number of hydrogen-bond donors (Lipinski definition) is 2. The molecular formula is C10H16BrN3O2S. The van der Waals surface area contributed by atoms with E-state index >= 15 is 0 Å². The summed E-state index contributed by atoms with van der Waals surface area (Å²) in [5.74, 6) is 0.0416. The monoisotopic (exact) mass is 321 g/mol. The fraction of sp³-hybridized carbons (Fsp3) is 0.500. The van der Waals surface area contributed by atoms with Gasteiger partial charge in [0.15, 0.2) is 0 Å². The molecule has 0 bridgehead atoms. The highest BCUT2D eigenvalue weighted by Gasteiger charge is 2.11. The topological polar surface area (TPSA) is 71.1 Å². The van der Waals surface area contributed by atoms with Crippen LogP contribution < -0.4 is 10.0 Å². The normalized spacial score (nSPS) is 11.8. The molecule has 2 N–H and O–H groups in total. The van der Waals surface area contributed by atoms with Crippen molar-refractivity contribution in [2.75, 3.05) is 17.0 Å². The third-order valence-electron chi connectivity index (χ3n) is 1.96. The van der Waals surface area contributed by atoms with Gasteiger partial charge in [-0.05, 0) is 22.0 Å². The Labute approximate surface area is 110 Å². The van der Waals surface area contributed by atoms with Crippen LogP contribution in [0.3, 0.4) is 0 Å². The average molecular weight is 322 g/mol. The Morgan fingerprint density at radius 3 is 2.76 bits per heavy atom. The lowest BCUT2D eigenvalue weighted by atomic mass is 10.4. The summed E-state index contributed by atoms with van der Waals surface area (Å²) in [5.41, 5.74) is 0.504. The van der Waals surface area contributed by atoms with Crippen LogP contribution >= 0.6 is 15.9 Å². The second-order valence-electron chi connectivity index (χ2n) is 3.89. The maximum absolute atomic E-state index is 11.7. The van der Waals surface area contributed by atoms with Gasteiger partial charge in [0.1, 0.15) is 0 Å². The number of hydrogen-bond acceptors (Lipinski definition) is 4. The summed E-state index contributed by atoms with van der Waals surface area (Å²) in [4.78, 5) is 3.87. The van der Waals surface area contributed by atoms with Crippen LogP contribution in [0.15, 0.2) is 22.9 Å². The summed E-state index contributed by atoms with van der Waals surface area (Å²) in [7, 11) is -3.32. The Morgan fingerprint density at radius 1 is 1.47 bits per heavy atom. The second kappa shape index (κ2) is 6.32. The summed E-state index contributed by atoms with van der Waals surface area (Å²) in [6.45, 7) is 4.37. The van der Waals surface area contributed by atoms with Crippen LogP contribution in [0.25, 0.3) is 0 Å². The molecule has 0 unspecified atom stereocenters. The van der Waals surface area contributed by atoms with Crippen LogP contribution in [-0.4, -0.2) is 31.7 Å². The summed E-state index contributed by atoms with van der Waals surface area (Å²) in [5, 5.41) is 3.06. The molecule has 0 aliphatic heterocycles. The predicted octanol–water partition coefficient (Wildman–Crippen LogP) is 1.58. The fourth-order valence-corrected chi connectivity index (χ4v) is 2.64. The Morgan fingerprint density at radius 2 is 2.18 bits per heavy atom. The van der Waals surface area contributed by atoms with Crippen molar-refractivity contribution in [3.8, 4) is 0 Å². The number of aromatic nitrogens is 1. The Bertz CT molecular complexity index is 462. The molecule has 0 amide bonds. The first-order valence-corrected chi connectivity index (χ1v) is 7.68. The van der Waals surface area contributed by atoms with Crippen LogP contribution in [0.2, 0.25) is 0 Å². The molecule has 0 radical (unpaired) electrons. The van der Waals surface area contributed by atoms with E-state index < -0.39 is 10.0 Å². The van der Waals surface area contributed by atoms with Gasteiger partial charge in [-0.15, -0.1) is 0 Å². The van der Waals surface area contributed by atoms with Gasteiger partial charge in [-0.3, -0.25) is 9.71 Å². The highest BCUT2D eigenvalue weighted by atomic mass is 79.9. The lowest BCUT2D eigenvalue weighted by molar-refractivity contribution is 0.582. The van der Waals surface area contributed by atoms with E-state index in [4.69, 9.17) is 0 Å². The number of pyridine rings is 1. The minimum absolute atomic E-state index is 0.0416. The number of nitrogens with one attached hydrogen (secondary N) is 2. The Hall–Kier alpha value is -0.660. The molecule has 0 fully saturated rings. The van der Waals surface area contributed by atoms with Crippen molar-refractivity contribution in [2.24, 2.45) is 0 Å². The first-order chi connectivity index (χ1) is 7.91. The molecule has 5 nitrogen and oxygen atoms in total. The highest BCUT2D eigenvalue weighted by Crippen LogP contribution is 2.20. The first kappa shape index (κ1) is 14.4. The van der Waals surface area contributed by atoms with Crippen LogP contribution in [0, 0.1) is 0 Å². The van der Waals surface area contributed by atoms with E-state index in [2.05, 4.69) is 31.0 Å². The van der Waals surface area contributed by atoms with Crippen LogP contribution in [0.5, 0.6) is 0 Å². The van der Waals surface area contributed by atoms with Crippen molar-refractivity contribution < 1.29 is 8.42 Å². The van der Waals surface area contributed by atoms with Gasteiger partial charge >= 0.3 is 0 Å². The molecule has 0 aromatic carbocycles. The minimum Gasteiger partial charge on any atom is -0.313 e. The molecule has 1 aromatic rings. The number of halogens is 1. The lowest BCUT2D eigenvalue weighted by Gasteiger charge is -2.11. The van der Waals surface area contributed by atoms with E-state index in [1.807, 2.05) is 13.8 Å². The highest BCUT2D eigenvalue weighted by molar-refractivity contribution is 9.10. The van der Waals surface area contributed by atoms with Crippen molar-refractivity contribution in [1.82, 2.24) is 10.3 Å². The molecule has 0 aliphatic carbocycles. The molecule has 0 spiro atoms. The zero-order chi connectivity index (χ0) is 12.9. The Kier molecular flexibility index (Phi) is 5.35. The lowest BCUT2D eigenvalue weighted by Crippen LogP contribution is -2.31. The van der Waals surface area contributed by atoms with Gasteiger partial charge in [0.05, 0.1) is 15.9 Å². The smallest absolute Gasteiger partial charge is 0.234 e. The third-order valence-corrected chi connectivity index (χ3v) is 3.87. The van der Waals surface area contributed by atoms with Crippen molar-refractivity contribution in [3.05, 3.63) is 22.9 Å². The number of nitrogens with zero attached hydrogens (tertiary/aromatic N) is 1. The van der Waals surface area contributed by atoms with Crippen molar-refractivity contribution in [1.29, 1.82) is 0 Å². The van der Waals surface area contributed by atoms with E-state index in [1.165, 1.54) is 6.20 Å². The Balaban J connectivity index is 2.58. The van der Waals surface area contributed by atoms with Crippen molar-refractivity contribution in [3.63, 3.8) is 0 Å². The van der Waals surface area contributed by atoms with Gasteiger partial charge < -0.3 is 5.32 Å². The molecule has 1 aromatic heterocycles. The molecule has 17 heavy (non-hydrogen) atoms. The maximum atomic E-state index is 11.7. The zero-order valence-electron chi connectivity index (χ0n) is 9.77. The maximum Gasteiger partial charge on any atom is 0.234 e. The van der Waals surface area contributed by atoms with E-state index in [1.54, 1.807) is 12.3 Å². The van der Waals surface area contributed by atoms with Crippen LogP contribution in [-0.2, 0) is 10.0 Å². The average Bonchev–Trinajstić information content (AvgIpc) is 2.20. The molecule has 0 saturated heterocycles. The standard InChI is InChI=1S/C10H16BrN3O2S/c1-8(2)13-5-6-17(15,16)14-10-3-4-12-7-9(10)11/h3-4,7-8,13H,5-6H2,1-2H3,(H,12,14). The zero-order valence-corrected chi connectivity index (χ0v) is 12.2. The van der Waals surface area contributed by atoms with Gasteiger partial charge in [-0.25, -0.2) is 8.42 Å². The fourth-order valence-electron chi connectivity index (χ4n) is 1.16. The minimum atomic E-state index is -3.32. The van der Waals surface area contributed by atoms with Crippen LogP contribution in [0.4, 0.5) is 5.69 Å². The second-order valence-corrected chi connectivity index (χ2v) is 6.58. The number of rotatable bonds is 6. The van der Waals surface area contributed by atoms with Gasteiger partial charge in [0.2, 0.25) is 10.0 Å².